The van der Waals surface area contributed by atoms with Crippen molar-refractivity contribution in [2.24, 2.45) is 0 Å². The maximum Gasteiger partial charge on any atom is 0.338 e. The Morgan fingerprint density at radius 2 is 1.34 bits per heavy atom. The third-order valence-electron chi connectivity index (χ3n) is 4.89. The molecule has 0 fully saturated rings. The molecule has 32 heavy (non-hydrogen) atoms. The number of rotatable bonds is 6. The number of ether oxygens (including phenoxy) is 1. The highest BCUT2D eigenvalue weighted by Gasteiger charge is 2.36. The van der Waals surface area contributed by atoms with E-state index in [1.807, 2.05) is 0 Å². The number of carbonyl (C=O) groups is 4. The minimum absolute atomic E-state index is 0.127. The molecule has 0 N–H and O–H groups in total. The summed E-state index contributed by atoms with van der Waals surface area (Å²) in [5.41, 5.74) is 1.06. The smallest absolute Gasteiger partial charge is 0.338 e. The van der Waals surface area contributed by atoms with Crippen LogP contribution in [0.25, 0.3) is 0 Å². The van der Waals surface area contributed by atoms with Gasteiger partial charge in [0.05, 0.1) is 27.3 Å². The Kier molecular flexibility index (Phi) is 5.30. The monoisotopic (exact) mass is 430 g/mol. The van der Waals surface area contributed by atoms with E-state index in [1.54, 1.807) is 24.3 Å². The molecule has 3 aromatic rings. The summed E-state index contributed by atoms with van der Waals surface area (Å²) in [7, 11) is 0. The zero-order valence-corrected chi connectivity index (χ0v) is 16.4. The van der Waals surface area contributed by atoms with Gasteiger partial charge in [-0.1, -0.05) is 12.1 Å². The molecule has 1 aliphatic heterocycles. The molecule has 1 aliphatic rings. The van der Waals surface area contributed by atoms with E-state index in [0.717, 1.165) is 4.90 Å². The first-order valence-electron chi connectivity index (χ1n) is 9.39. The van der Waals surface area contributed by atoms with Gasteiger partial charge in [-0.3, -0.25) is 24.5 Å². The summed E-state index contributed by atoms with van der Waals surface area (Å²) in [6.45, 7) is -0.545. The molecule has 0 saturated carbocycles. The molecule has 0 aromatic heterocycles. The Morgan fingerprint density at radius 3 is 1.88 bits per heavy atom. The topological polar surface area (TPSA) is 124 Å². The lowest BCUT2D eigenvalue weighted by Crippen LogP contribution is -2.29. The van der Waals surface area contributed by atoms with Crippen LogP contribution in [0.15, 0.2) is 72.8 Å². The maximum atomic E-state index is 12.5. The average molecular weight is 430 g/mol. The number of nitro groups is 1. The van der Waals surface area contributed by atoms with Crippen LogP contribution in [0.4, 0.5) is 11.4 Å². The number of fused-ring (bicyclic) bond motifs is 1. The molecular formula is C23H14N2O7. The van der Waals surface area contributed by atoms with Gasteiger partial charge in [-0.05, 0) is 48.5 Å². The lowest BCUT2D eigenvalue weighted by atomic mass is 10.1. The van der Waals surface area contributed by atoms with Crippen molar-refractivity contribution in [1.82, 2.24) is 0 Å². The molecule has 9 heteroatoms. The molecule has 9 nitrogen and oxygen atoms in total. The first-order chi connectivity index (χ1) is 15.4. The van der Waals surface area contributed by atoms with Crippen LogP contribution in [0, 0.1) is 10.1 Å². The summed E-state index contributed by atoms with van der Waals surface area (Å²) in [4.78, 5) is 60.6. The molecule has 0 aliphatic carbocycles. The number of hydrogen-bond acceptors (Lipinski definition) is 7. The summed E-state index contributed by atoms with van der Waals surface area (Å²) in [6, 6.07) is 17.1. The second kappa shape index (κ2) is 8.23. The molecule has 0 spiro atoms. The molecule has 158 valence electrons. The van der Waals surface area contributed by atoms with Gasteiger partial charge < -0.3 is 4.74 Å². The van der Waals surface area contributed by atoms with Crippen LogP contribution in [-0.2, 0) is 4.74 Å². The maximum absolute atomic E-state index is 12.5. The van der Waals surface area contributed by atoms with Crippen molar-refractivity contribution in [3.05, 3.63) is 105 Å². The second-order valence-corrected chi connectivity index (χ2v) is 6.84. The van der Waals surface area contributed by atoms with Crippen molar-refractivity contribution in [2.45, 2.75) is 0 Å². The highest BCUT2D eigenvalue weighted by atomic mass is 16.6. The molecule has 0 saturated heterocycles. The first-order valence-corrected chi connectivity index (χ1v) is 9.39. The van der Waals surface area contributed by atoms with Crippen molar-refractivity contribution >= 4 is 34.9 Å². The second-order valence-electron chi connectivity index (χ2n) is 6.84. The predicted molar refractivity (Wildman–Crippen MR) is 112 cm³/mol. The van der Waals surface area contributed by atoms with E-state index in [2.05, 4.69) is 0 Å². The van der Waals surface area contributed by atoms with Crippen molar-refractivity contribution in [2.75, 3.05) is 11.5 Å². The van der Waals surface area contributed by atoms with Crippen molar-refractivity contribution < 1.29 is 28.8 Å². The average Bonchev–Trinajstić information content (AvgIpc) is 3.07. The standard InChI is InChI=1S/C23H14N2O7/c26-20(14-5-11-17(12-6-14)25(30)31)13-32-23(29)15-7-9-16(10-8-15)24-21(27)18-3-1-2-4-19(18)22(24)28/h1-12H,13H2. The summed E-state index contributed by atoms with van der Waals surface area (Å²) in [6.07, 6.45) is 0. The number of benzene rings is 3. The minimum atomic E-state index is -0.769. The number of imide groups is 1. The fourth-order valence-corrected chi connectivity index (χ4v) is 3.24. The molecule has 1 heterocycles. The van der Waals surface area contributed by atoms with Gasteiger partial charge in [0.2, 0.25) is 0 Å². The number of hydrogen-bond donors (Lipinski definition) is 0. The van der Waals surface area contributed by atoms with Gasteiger partial charge in [0.25, 0.3) is 17.5 Å². The molecule has 2 amide bonds. The van der Waals surface area contributed by atoms with Gasteiger partial charge in [0.1, 0.15) is 0 Å². The predicted octanol–water partition coefficient (Wildman–Crippen LogP) is 3.44. The zero-order valence-electron chi connectivity index (χ0n) is 16.4. The van der Waals surface area contributed by atoms with Crippen LogP contribution < -0.4 is 4.90 Å². The molecule has 0 radical (unpaired) electrons. The zero-order chi connectivity index (χ0) is 22.8. The van der Waals surface area contributed by atoms with E-state index < -0.39 is 35.1 Å². The summed E-state index contributed by atoms with van der Waals surface area (Å²) >= 11 is 0. The number of nitrogens with zero attached hydrogens (tertiary/aromatic N) is 2. The van der Waals surface area contributed by atoms with Crippen LogP contribution in [0.1, 0.15) is 41.4 Å². The first kappa shape index (κ1) is 20.6. The summed E-state index contributed by atoms with van der Waals surface area (Å²) in [5, 5.41) is 10.7. The van der Waals surface area contributed by atoms with E-state index in [4.69, 9.17) is 4.74 Å². The highest BCUT2D eigenvalue weighted by Crippen LogP contribution is 2.28. The lowest BCUT2D eigenvalue weighted by molar-refractivity contribution is -0.384. The highest BCUT2D eigenvalue weighted by molar-refractivity contribution is 6.34. The fourth-order valence-electron chi connectivity index (χ4n) is 3.24. The number of non-ortho nitro benzene ring substituents is 1. The van der Waals surface area contributed by atoms with Gasteiger partial charge >= 0.3 is 5.97 Å². The van der Waals surface area contributed by atoms with Gasteiger partial charge in [-0.2, -0.15) is 0 Å². The van der Waals surface area contributed by atoms with Gasteiger partial charge in [-0.25, -0.2) is 9.69 Å². The summed E-state index contributed by atoms with van der Waals surface area (Å²) < 4.78 is 5.01. The van der Waals surface area contributed by atoms with Crippen molar-refractivity contribution in [3.8, 4) is 0 Å². The quantitative estimate of drug-likeness (QED) is 0.193. The van der Waals surface area contributed by atoms with Crippen LogP contribution in [0.5, 0.6) is 0 Å². The SMILES string of the molecule is O=C(COC(=O)c1ccc(N2C(=O)c3ccccc3C2=O)cc1)c1ccc([N+](=O)[O-])cc1. The number of carbonyl (C=O) groups excluding carboxylic acids is 4. The van der Waals surface area contributed by atoms with E-state index in [1.165, 1.54) is 48.5 Å². The molecule has 0 bridgehead atoms. The Morgan fingerprint density at radius 1 is 0.812 bits per heavy atom. The van der Waals surface area contributed by atoms with Crippen LogP contribution in [-0.4, -0.2) is 35.1 Å². The number of ketones is 1. The number of amides is 2. The molecular weight excluding hydrogens is 416 g/mol. The number of Topliss-reactive ketones (excluding diaryl/α,β-unsaturated/α-hetero) is 1. The molecule has 0 atom stereocenters. The van der Waals surface area contributed by atoms with Crippen molar-refractivity contribution in [1.29, 1.82) is 0 Å². The number of esters is 1. The molecule has 3 aromatic carbocycles. The minimum Gasteiger partial charge on any atom is -0.454 e. The van der Waals surface area contributed by atoms with Crippen molar-refractivity contribution in [3.63, 3.8) is 0 Å². The molecule has 0 unspecified atom stereocenters. The largest absolute Gasteiger partial charge is 0.454 e. The number of nitro benzene ring substituents is 1. The van der Waals surface area contributed by atoms with E-state index >= 15 is 0 Å². The Balaban J connectivity index is 1.40. The number of anilines is 1. The Hall–Kier alpha value is -4.66. The Labute approximate surface area is 181 Å². The van der Waals surface area contributed by atoms with Gasteiger partial charge in [-0.15, -0.1) is 0 Å². The fraction of sp³-hybridized carbons (Fsp3) is 0.0435. The lowest BCUT2D eigenvalue weighted by Gasteiger charge is -2.14. The van der Waals surface area contributed by atoms with Crippen LogP contribution >= 0.6 is 0 Å². The summed E-state index contributed by atoms with van der Waals surface area (Å²) in [5.74, 6) is -2.19. The third-order valence-corrected chi connectivity index (χ3v) is 4.89. The van der Waals surface area contributed by atoms with E-state index in [-0.39, 0.29) is 16.8 Å². The Bertz CT molecular complexity index is 1230. The third kappa shape index (κ3) is 3.74. The van der Waals surface area contributed by atoms with E-state index in [9.17, 15) is 29.3 Å². The van der Waals surface area contributed by atoms with E-state index in [0.29, 0.717) is 16.8 Å². The van der Waals surface area contributed by atoms with Crippen LogP contribution in [0.2, 0.25) is 0 Å². The van der Waals surface area contributed by atoms with Gasteiger partial charge in [0.15, 0.2) is 12.4 Å². The van der Waals surface area contributed by atoms with Gasteiger partial charge in [0, 0.05) is 17.7 Å². The normalized spacial score (nSPS) is 12.4. The molecule has 4 rings (SSSR count). The van der Waals surface area contributed by atoms with Crippen LogP contribution in [0.3, 0.4) is 0 Å².